The average molecular weight is 611 g/mol. The van der Waals surface area contributed by atoms with Crippen LogP contribution in [0.25, 0.3) is 0 Å². The number of piperidine rings is 1. The number of urea groups is 1. The average Bonchev–Trinajstić information content (AvgIpc) is 3.27. The van der Waals surface area contributed by atoms with Crippen LogP contribution in [0.15, 0.2) is 24.4 Å². The lowest BCUT2D eigenvalue weighted by Gasteiger charge is -2.40. The standard InChI is InChI=1S/C33H50N6O5/c1-7-13-22(25(40)27(34)41)36-28(42)24-23-21(32(23,5)6)19-39(24)29(43)26(31(2,3)4)37-30(44)38-33(15-10-8-11-16-33)18-20-14-9-12-17-35-20/h9,12,14,17,21-24,26H,7-8,10-11,13,15-16,18-19H2,1-6H3,(H2,34,41)(H,36,42)(H2,37,38,44)/t21-,22?,23-,24-,26+/m0/s1. The summed E-state index contributed by atoms with van der Waals surface area (Å²) in [7, 11) is 0. The molecule has 1 aromatic heterocycles. The number of Topliss-reactive ketones (excluding diaryl/α,β-unsaturated/α-hetero) is 1. The molecule has 0 radical (unpaired) electrons. The highest BCUT2D eigenvalue weighted by molar-refractivity contribution is 6.37. The highest BCUT2D eigenvalue weighted by Gasteiger charge is 2.70. The van der Waals surface area contributed by atoms with Gasteiger partial charge in [-0.15, -0.1) is 0 Å². The summed E-state index contributed by atoms with van der Waals surface area (Å²) in [5.74, 6) is -2.76. The lowest BCUT2D eigenvalue weighted by atomic mass is 9.78. The fraction of sp³-hybridized carbons (Fsp3) is 0.697. The predicted molar refractivity (Wildman–Crippen MR) is 166 cm³/mol. The van der Waals surface area contributed by atoms with Crippen molar-refractivity contribution in [1.29, 1.82) is 0 Å². The minimum Gasteiger partial charge on any atom is -0.363 e. The third kappa shape index (κ3) is 7.07. The van der Waals surface area contributed by atoms with Crippen LogP contribution in [0.3, 0.4) is 0 Å². The van der Waals surface area contributed by atoms with Gasteiger partial charge >= 0.3 is 6.03 Å². The Morgan fingerprint density at radius 2 is 1.75 bits per heavy atom. The van der Waals surface area contributed by atoms with Crippen molar-refractivity contribution in [2.24, 2.45) is 28.4 Å². The maximum absolute atomic E-state index is 14.3. The van der Waals surface area contributed by atoms with Crippen LogP contribution in [-0.4, -0.2) is 69.6 Å². The van der Waals surface area contributed by atoms with Crippen LogP contribution in [0.2, 0.25) is 0 Å². The molecule has 5 N–H and O–H groups in total. The van der Waals surface area contributed by atoms with Crippen molar-refractivity contribution in [3.05, 3.63) is 30.1 Å². The van der Waals surface area contributed by atoms with Crippen LogP contribution in [0, 0.1) is 22.7 Å². The lowest BCUT2D eigenvalue weighted by molar-refractivity contribution is -0.145. The molecule has 0 aromatic carbocycles. The van der Waals surface area contributed by atoms with Gasteiger partial charge in [-0.1, -0.05) is 73.3 Å². The van der Waals surface area contributed by atoms with Gasteiger partial charge in [0.2, 0.25) is 17.6 Å². The lowest BCUT2D eigenvalue weighted by Crippen LogP contribution is -2.63. The number of amides is 5. The molecule has 2 saturated carbocycles. The normalized spacial score (nSPS) is 24.8. The summed E-state index contributed by atoms with van der Waals surface area (Å²) in [6.07, 6.45) is 7.91. The molecular weight excluding hydrogens is 560 g/mol. The maximum Gasteiger partial charge on any atom is 0.315 e. The quantitative estimate of drug-likeness (QED) is 0.282. The van der Waals surface area contributed by atoms with Crippen LogP contribution in [0.1, 0.15) is 92.2 Å². The number of carbonyl (C=O) groups excluding carboxylic acids is 5. The maximum atomic E-state index is 14.3. The monoisotopic (exact) mass is 610 g/mol. The Kier molecular flexibility index (Phi) is 9.75. The van der Waals surface area contributed by atoms with Crippen molar-refractivity contribution in [1.82, 2.24) is 25.8 Å². The summed E-state index contributed by atoms with van der Waals surface area (Å²) in [5, 5.41) is 8.95. The molecule has 5 amide bonds. The topological polar surface area (TPSA) is 164 Å². The molecule has 242 valence electrons. The molecule has 0 spiro atoms. The van der Waals surface area contributed by atoms with E-state index >= 15 is 0 Å². The molecule has 0 bridgehead atoms. The van der Waals surface area contributed by atoms with E-state index in [1.54, 1.807) is 11.1 Å². The molecule has 11 heteroatoms. The number of likely N-dealkylation sites (tertiary alicyclic amines) is 1. The van der Waals surface area contributed by atoms with Gasteiger partial charge in [-0.2, -0.15) is 0 Å². The van der Waals surface area contributed by atoms with Crippen molar-refractivity contribution < 1.29 is 24.0 Å². The summed E-state index contributed by atoms with van der Waals surface area (Å²) in [6, 6.07) is 2.57. The number of hydrogen-bond donors (Lipinski definition) is 4. The zero-order valence-corrected chi connectivity index (χ0v) is 27.1. The third-order valence-corrected chi connectivity index (χ3v) is 10.0. The molecule has 11 nitrogen and oxygen atoms in total. The number of hydrogen-bond acceptors (Lipinski definition) is 6. The molecule has 1 aromatic rings. The smallest absolute Gasteiger partial charge is 0.315 e. The number of aromatic nitrogens is 1. The minimum absolute atomic E-state index is 0.101. The van der Waals surface area contributed by atoms with Crippen molar-refractivity contribution >= 4 is 29.5 Å². The highest BCUT2D eigenvalue weighted by Crippen LogP contribution is 2.65. The van der Waals surface area contributed by atoms with E-state index in [0.29, 0.717) is 19.4 Å². The van der Waals surface area contributed by atoms with Crippen LogP contribution in [-0.2, 0) is 25.6 Å². The van der Waals surface area contributed by atoms with E-state index in [9.17, 15) is 24.0 Å². The molecule has 1 saturated heterocycles. The van der Waals surface area contributed by atoms with E-state index in [4.69, 9.17) is 5.73 Å². The first kappa shape index (κ1) is 33.4. The second kappa shape index (κ2) is 12.9. The molecule has 3 aliphatic rings. The number of carbonyl (C=O) groups is 5. The van der Waals surface area contributed by atoms with E-state index in [0.717, 1.165) is 37.8 Å². The Hall–Kier alpha value is -3.50. The van der Waals surface area contributed by atoms with E-state index in [1.807, 2.05) is 45.9 Å². The molecular formula is C33H50N6O5. The number of rotatable bonds is 11. The molecule has 4 rings (SSSR count). The fourth-order valence-corrected chi connectivity index (χ4v) is 7.45. The van der Waals surface area contributed by atoms with Crippen LogP contribution in [0.5, 0.6) is 0 Å². The van der Waals surface area contributed by atoms with Crippen molar-refractivity contribution in [2.75, 3.05) is 6.54 Å². The minimum atomic E-state index is -1.10. The second-order valence-electron chi connectivity index (χ2n) is 14.7. The molecule has 5 atom stereocenters. The number of nitrogens with one attached hydrogen (secondary N) is 3. The van der Waals surface area contributed by atoms with Gasteiger partial charge in [0.25, 0.3) is 5.91 Å². The van der Waals surface area contributed by atoms with Crippen molar-refractivity contribution in [3.8, 4) is 0 Å². The van der Waals surface area contributed by atoms with E-state index in [1.165, 1.54) is 0 Å². The summed E-state index contributed by atoms with van der Waals surface area (Å²) in [5.41, 5.74) is 4.87. The van der Waals surface area contributed by atoms with Crippen LogP contribution in [0.4, 0.5) is 4.79 Å². The Morgan fingerprint density at radius 1 is 1.07 bits per heavy atom. The Morgan fingerprint density at radius 3 is 2.32 bits per heavy atom. The number of nitrogens with two attached hydrogens (primary N) is 1. The zero-order valence-electron chi connectivity index (χ0n) is 27.1. The number of nitrogens with zero attached hydrogens (tertiary/aromatic N) is 2. The van der Waals surface area contributed by atoms with Gasteiger partial charge < -0.3 is 26.6 Å². The van der Waals surface area contributed by atoms with E-state index in [2.05, 4.69) is 34.8 Å². The molecule has 2 heterocycles. The number of ketones is 1. The molecule has 1 unspecified atom stereocenters. The summed E-state index contributed by atoms with van der Waals surface area (Å²) in [6.45, 7) is 12.0. The van der Waals surface area contributed by atoms with Gasteiger partial charge in [-0.3, -0.25) is 24.2 Å². The molecule has 2 aliphatic carbocycles. The third-order valence-electron chi connectivity index (χ3n) is 10.0. The second-order valence-corrected chi connectivity index (χ2v) is 14.7. The molecule has 3 fully saturated rings. The first-order valence-electron chi connectivity index (χ1n) is 16.0. The summed E-state index contributed by atoms with van der Waals surface area (Å²) in [4.78, 5) is 71.9. The van der Waals surface area contributed by atoms with Crippen molar-refractivity contribution in [3.63, 3.8) is 0 Å². The number of primary amides is 1. The Balaban J connectivity index is 1.54. The highest BCUT2D eigenvalue weighted by atomic mass is 16.2. The van der Waals surface area contributed by atoms with Gasteiger partial charge in [0, 0.05) is 30.4 Å². The van der Waals surface area contributed by atoms with Crippen LogP contribution < -0.4 is 21.7 Å². The van der Waals surface area contributed by atoms with Gasteiger partial charge in [0.05, 0.1) is 6.04 Å². The zero-order chi connectivity index (χ0) is 32.4. The van der Waals surface area contributed by atoms with Crippen LogP contribution >= 0.6 is 0 Å². The Labute approximate surface area is 260 Å². The number of fused-ring (bicyclic) bond motifs is 1. The van der Waals surface area contributed by atoms with E-state index < -0.39 is 52.7 Å². The number of pyridine rings is 1. The van der Waals surface area contributed by atoms with Gasteiger partial charge in [0.1, 0.15) is 12.1 Å². The first-order valence-corrected chi connectivity index (χ1v) is 16.0. The fourth-order valence-electron chi connectivity index (χ4n) is 7.45. The molecule has 1 aliphatic heterocycles. The predicted octanol–water partition coefficient (Wildman–Crippen LogP) is 2.86. The summed E-state index contributed by atoms with van der Waals surface area (Å²) < 4.78 is 0. The SMILES string of the molecule is CCCC(NC(=O)[C@@H]1[C@@H]2[C@H](CN1C(=O)[C@@H](NC(=O)NC1(Cc3ccccn3)CCCCC1)C(C)(C)C)C2(C)C)C(=O)C(N)=O. The van der Waals surface area contributed by atoms with Gasteiger partial charge in [0.15, 0.2) is 0 Å². The van der Waals surface area contributed by atoms with E-state index in [-0.39, 0.29) is 29.6 Å². The van der Waals surface area contributed by atoms with Crippen molar-refractivity contribution in [2.45, 2.75) is 117 Å². The first-order chi connectivity index (χ1) is 20.6. The summed E-state index contributed by atoms with van der Waals surface area (Å²) >= 11 is 0. The van der Waals surface area contributed by atoms with Gasteiger partial charge in [-0.25, -0.2) is 4.79 Å². The Bertz CT molecular complexity index is 1250. The van der Waals surface area contributed by atoms with Gasteiger partial charge in [-0.05, 0) is 54.1 Å². The largest absolute Gasteiger partial charge is 0.363 e. The molecule has 44 heavy (non-hydrogen) atoms.